The molecule has 0 bridgehead atoms. The van der Waals surface area contributed by atoms with Crippen LogP contribution in [0.3, 0.4) is 0 Å². The van der Waals surface area contributed by atoms with E-state index in [1.54, 1.807) is 14.0 Å². The molecule has 0 amide bonds. The molecule has 0 spiro atoms. The molecule has 0 N–H and O–H groups in total. The molecule has 1 aromatic heterocycles. The van der Waals surface area contributed by atoms with Crippen molar-refractivity contribution in [2.45, 2.75) is 19.9 Å². The number of hydrogen-bond acceptors (Lipinski definition) is 5. The van der Waals surface area contributed by atoms with Crippen LogP contribution in [0, 0.1) is 6.92 Å². The lowest BCUT2D eigenvalue weighted by Gasteiger charge is -2.36. The zero-order valence-corrected chi connectivity index (χ0v) is 17.2. The number of anilines is 1. The van der Waals surface area contributed by atoms with Crippen molar-refractivity contribution in [2.75, 3.05) is 44.7 Å². The molecule has 2 aromatic carbocycles. The summed E-state index contributed by atoms with van der Waals surface area (Å²) in [4.78, 5) is 21.9. The normalized spacial score (nSPS) is 15.0. The fourth-order valence-electron chi connectivity index (χ4n) is 4.03. The van der Waals surface area contributed by atoms with Crippen LogP contribution in [-0.4, -0.2) is 54.3 Å². The van der Waals surface area contributed by atoms with Crippen molar-refractivity contribution >= 4 is 16.7 Å². The maximum absolute atomic E-state index is 12.6. The summed E-state index contributed by atoms with van der Waals surface area (Å²) in [7, 11) is 1.70. The van der Waals surface area contributed by atoms with Gasteiger partial charge in [0.05, 0.1) is 18.1 Å². The summed E-state index contributed by atoms with van der Waals surface area (Å²) in [5.74, 6) is 0.898. The van der Waals surface area contributed by atoms with Crippen molar-refractivity contribution in [3.8, 4) is 5.75 Å². The number of aromatic nitrogens is 2. The molecule has 6 heteroatoms. The number of hydrogen-bond donors (Lipinski definition) is 0. The molecular weight excluding hydrogens is 364 g/mol. The SMILES string of the molecule is COc1cccc(N2CCN(CCCn3c(=O)c(C)nc4ccccc43)CC2)c1. The third kappa shape index (κ3) is 4.27. The number of rotatable bonds is 6. The number of nitrogens with zero attached hydrogens (tertiary/aromatic N) is 4. The van der Waals surface area contributed by atoms with E-state index in [9.17, 15) is 4.79 Å². The Hall–Kier alpha value is -2.86. The van der Waals surface area contributed by atoms with Crippen LogP contribution >= 0.6 is 0 Å². The minimum absolute atomic E-state index is 0.0199. The lowest BCUT2D eigenvalue weighted by atomic mass is 10.2. The van der Waals surface area contributed by atoms with E-state index in [1.807, 2.05) is 41.0 Å². The van der Waals surface area contributed by atoms with Gasteiger partial charge in [-0.2, -0.15) is 0 Å². The Balaban J connectivity index is 1.34. The smallest absolute Gasteiger partial charge is 0.272 e. The van der Waals surface area contributed by atoms with Gasteiger partial charge < -0.3 is 14.2 Å². The molecule has 0 saturated carbocycles. The van der Waals surface area contributed by atoms with Gasteiger partial charge in [-0.1, -0.05) is 18.2 Å². The van der Waals surface area contributed by atoms with Gasteiger partial charge in [-0.15, -0.1) is 0 Å². The average Bonchev–Trinajstić information content (AvgIpc) is 2.77. The first-order chi connectivity index (χ1) is 14.2. The highest BCUT2D eigenvalue weighted by atomic mass is 16.5. The van der Waals surface area contributed by atoms with Crippen LogP contribution in [0.4, 0.5) is 5.69 Å². The Bertz CT molecular complexity index is 1040. The van der Waals surface area contributed by atoms with Crippen LogP contribution < -0.4 is 15.2 Å². The molecule has 1 saturated heterocycles. The molecule has 3 aromatic rings. The van der Waals surface area contributed by atoms with Crippen molar-refractivity contribution in [2.24, 2.45) is 0 Å². The summed E-state index contributed by atoms with van der Waals surface area (Å²) in [6, 6.07) is 16.1. The minimum atomic E-state index is 0.0199. The van der Waals surface area contributed by atoms with Crippen LogP contribution in [0.2, 0.25) is 0 Å². The highest BCUT2D eigenvalue weighted by Gasteiger charge is 2.17. The molecule has 29 heavy (non-hydrogen) atoms. The first-order valence-corrected chi connectivity index (χ1v) is 10.2. The van der Waals surface area contributed by atoms with Gasteiger partial charge >= 0.3 is 0 Å². The van der Waals surface area contributed by atoms with Gasteiger partial charge in [0.1, 0.15) is 11.4 Å². The van der Waals surface area contributed by atoms with Gasteiger partial charge in [0.25, 0.3) is 5.56 Å². The molecule has 0 aliphatic carbocycles. The number of aryl methyl sites for hydroxylation is 2. The maximum atomic E-state index is 12.6. The Morgan fingerprint density at radius 2 is 1.79 bits per heavy atom. The Morgan fingerprint density at radius 3 is 2.59 bits per heavy atom. The van der Waals surface area contributed by atoms with Gasteiger partial charge in [0.15, 0.2) is 0 Å². The molecular formula is C23H28N4O2. The van der Waals surface area contributed by atoms with Crippen molar-refractivity contribution in [1.29, 1.82) is 0 Å². The summed E-state index contributed by atoms with van der Waals surface area (Å²) in [5, 5.41) is 0. The molecule has 1 aliphatic rings. The largest absolute Gasteiger partial charge is 0.497 e. The van der Waals surface area contributed by atoms with Gasteiger partial charge in [-0.25, -0.2) is 4.98 Å². The molecule has 6 nitrogen and oxygen atoms in total. The lowest BCUT2D eigenvalue weighted by Crippen LogP contribution is -2.46. The molecule has 152 valence electrons. The maximum Gasteiger partial charge on any atom is 0.272 e. The third-order valence-corrected chi connectivity index (χ3v) is 5.66. The first kappa shape index (κ1) is 19.5. The zero-order chi connectivity index (χ0) is 20.2. The van der Waals surface area contributed by atoms with Gasteiger partial charge in [-0.3, -0.25) is 9.69 Å². The summed E-state index contributed by atoms with van der Waals surface area (Å²) in [6.07, 6.45) is 0.951. The summed E-state index contributed by atoms with van der Waals surface area (Å²) < 4.78 is 7.22. The van der Waals surface area contributed by atoms with E-state index in [1.165, 1.54) is 5.69 Å². The Labute approximate surface area is 171 Å². The number of methoxy groups -OCH3 is 1. The number of ether oxygens (including phenoxy) is 1. The van der Waals surface area contributed by atoms with Crippen molar-refractivity contribution in [3.63, 3.8) is 0 Å². The molecule has 0 radical (unpaired) electrons. The summed E-state index contributed by atoms with van der Waals surface area (Å²) in [6.45, 7) is 7.58. The number of benzene rings is 2. The number of para-hydroxylation sites is 2. The minimum Gasteiger partial charge on any atom is -0.497 e. The van der Waals surface area contributed by atoms with Crippen molar-refractivity contribution in [1.82, 2.24) is 14.5 Å². The Kier molecular flexibility index (Phi) is 5.81. The van der Waals surface area contributed by atoms with Crippen LogP contribution in [0.15, 0.2) is 53.3 Å². The van der Waals surface area contributed by atoms with Gasteiger partial charge in [-0.05, 0) is 44.2 Å². The van der Waals surface area contributed by atoms with E-state index >= 15 is 0 Å². The number of piperazine rings is 1. The van der Waals surface area contributed by atoms with Crippen LogP contribution in [0.25, 0.3) is 11.0 Å². The quantitative estimate of drug-likeness (QED) is 0.646. The average molecular weight is 393 g/mol. The standard InChI is InChI=1S/C23H28N4O2/c1-18-23(28)27(22-10-4-3-9-21(22)24-18)12-6-11-25-13-15-26(16-14-25)19-7-5-8-20(17-19)29-2/h3-5,7-10,17H,6,11-16H2,1-2H3. The van der Waals surface area contributed by atoms with E-state index in [0.717, 1.165) is 62.5 Å². The van der Waals surface area contributed by atoms with Crippen LogP contribution in [-0.2, 0) is 6.54 Å². The summed E-state index contributed by atoms with van der Waals surface area (Å²) >= 11 is 0. The molecule has 4 rings (SSSR count). The zero-order valence-electron chi connectivity index (χ0n) is 17.2. The monoisotopic (exact) mass is 392 g/mol. The molecule has 2 heterocycles. The van der Waals surface area contributed by atoms with E-state index in [4.69, 9.17) is 4.74 Å². The van der Waals surface area contributed by atoms with E-state index in [-0.39, 0.29) is 5.56 Å². The molecule has 1 fully saturated rings. The molecule has 0 unspecified atom stereocenters. The van der Waals surface area contributed by atoms with Crippen molar-refractivity contribution < 1.29 is 4.74 Å². The summed E-state index contributed by atoms with van der Waals surface area (Å²) in [5.41, 5.74) is 3.61. The van der Waals surface area contributed by atoms with Crippen molar-refractivity contribution in [3.05, 3.63) is 64.6 Å². The van der Waals surface area contributed by atoms with E-state index in [0.29, 0.717) is 5.69 Å². The van der Waals surface area contributed by atoms with Gasteiger partial charge in [0, 0.05) is 44.5 Å². The predicted molar refractivity (Wildman–Crippen MR) is 117 cm³/mol. The van der Waals surface area contributed by atoms with Crippen LogP contribution in [0.1, 0.15) is 12.1 Å². The van der Waals surface area contributed by atoms with E-state index < -0.39 is 0 Å². The van der Waals surface area contributed by atoms with Gasteiger partial charge in [0.2, 0.25) is 0 Å². The number of fused-ring (bicyclic) bond motifs is 1. The highest BCUT2D eigenvalue weighted by Crippen LogP contribution is 2.22. The molecule has 1 aliphatic heterocycles. The third-order valence-electron chi connectivity index (χ3n) is 5.66. The lowest BCUT2D eigenvalue weighted by molar-refractivity contribution is 0.250. The predicted octanol–water partition coefficient (Wildman–Crippen LogP) is 2.93. The van der Waals surface area contributed by atoms with Crippen LogP contribution in [0.5, 0.6) is 5.75 Å². The van der Waals surface area contributed by atoms with E-state index in [2.05, 4.69) is 26.9 Å². The topological polar surface area (TPSA) is 50.6 Å². The highest BCUT2D eigenvalue weighted by molar-refractivity contribution is 5.74. The second-order valence-electron chi connectivity index (χ2n) is 7.53. The first-order valence-electron chi connectivity index (χ1n) is 10.2. The second kappa shape index (κ2) is 8.66. The molecule has 0 atom stereocenters. The Morgan fingerprint density at radius 1 is 1.00 bits per heavy atom. The second-order valence-corrected chi connectivity index (χ2v) is 7.53. The fourth-order valence-corrected chi connectivity index (χ4v) is 4.03. The fraction of sp³-hybridized carbons (Fsp3) is 0.391.